The normalized spacial score (nSPS) is 24.5. The summed E-state index contributed by atoms with van der Waals surface area (Å²) in [6, 6.07) is 4.64. The smallest absolute Gasteiger partial charge is 0.150 e. The molecule has 0 saturated carbocycles. The molecular formula is C13H19N5. The van der Waals surface area contributed by atoms with Crippen molar-refractivity contribution in [1.29, 1.82) is 5.26 Å². The van der Waals surface area contributed by atoms with Crippen LogP contribution in [0.3, 0.4) is 0 Å². The van der Waals surface area contributed by atoms with Gasteiger partial charge < -0.3 is 16.0 Å². The van der Waals surface area contributed by atoms with Gasteiger partial charge in [0.1, 0.15) is 6.07 Å². The van der Waals surface area contributed by atoms with E-state index < -0.39 is 0 Å². The molecule has 3 N–H and O–H groups in total. The minimum Gasteiger partial charge on any atom is -0.395 e. The second-order valence-corrected chi connectivity index (χ2v) is 4.93. The number of rotatable bonds is 2. The Hall–Kier alpha value is -1.80. The molecule has 2 atom stereocenters. The van der Waals surface area contributed by atoms with Crippen LogP contribution < -0.4 is 11.1 Å². The molecule has 2 heterocycles. The van der Waals surface area contributed by atoms with Gasteiger partial charge in [-0.25, -0.2) is 4.98 Å². The summed E-state index contributed by atoms with van der Waals surface area (Å²) in [6.07, 6.45) is 3.75. The van der Waals surface area contributed by atoms with Crippen LogP contribution in [0.4, 0.5) is 11.5 Å². The number of hydrogen-bond acceptors (Lipinski definition) is 5. The van der Waals surface area contributed by atoms with E-state index in [1.165, 1.54) is 0 Å². The topological polar surface area (TPSA) is 78.0 Å². The Morgan fingerprint density at radius 2 is 2.39 bits per heavy atom. The lowest BCUT2D eigenvalue weighted by Crippen LogP contribution is -2.42. The minimum atomic E-state index is 0.375. The molecule has 1 aliphatic heterocycles. The first-order valence-corrected chi connectivity index (χ1v) is 6.23. The molecule has 1 aromatic rings. The maximum Gasteiger partial charge on any atom is 0.150 e. The molecule has 0 radical (unpaired) electrons. The van der Waals surface area contributed by atoms with Crippen LogP contribution in [0.25, 0.3) is 0 Å². The average Bonchev–Trinajstić information content (AvgIpc) is 2.36. The van der Waals surface area contributed by atoms with Gasteiger partial charge in [0, 0.05) is 24.8 Å². The highest BCUT2D eigenvalue weighted by molar-refractivity contribution is 5.69. The fourth-order valence-corrected chi connectivity index (χ4v) is 2.30. The van der Waals surface area contributed by atoms with Crippen molar-refractivity contribution in [3.05, 3.63) is 17.8 Å². The van der Waals surface area contributed by atoms with E-state index >= 15 is 0 Å². The van der Waals surface area contributed by atoms with Gasteiger partial charge in [0.25, 0.3) is 0 Å². The van der Waals surface area contributed by atoms with Crippen molar-refractivity contribution in [3.63, 3.8) is 0 Å². The van der Waals surface area contributed by atoms with Gasteiger partial charge in [-0.1, -0.05) is 0 Å². The number of nitrogen functional groups attached to an aromatic ring is 1. The summed E-state index contributed by atoms with van der Waals surface area (Å²) in [5.74, 6) is 0.635. The van der Waals surface area contributed by atoms with E-state index in [0.29, 0.717) is 29.2 Å². The molecule has 5 heteroatoms. The average molecular weight is 245 g/mol. The maximum atomic E-state index is 8.93. The van der Waals surface area contributed by atoms with Crippen LogP contribution in [0.15, 0.2) is 12.3 Å². The third-order valence-corrected chi connectivity index (χ3v) is 3.66. The van der Waals surface area contributed by atoms with Gasteiger partial charge in [-0.3, -0.25) is 0 Å². The van der Waals surface area contributed by atoms with Crippen LogP contribution in [-0.4, -0.2) is 35.6 Å². The molecule has 18 heavy (non-hydrogen) atoms. The van der Waals surface area contributed by atoms with Gasteiger partial charge in [-0.15, -0.1) is 0 Å². The lowest BCUT2D eigenvalue weighted by Gasteiger charge is -2.35. The molecule has 0 bridgehead atoms. The standard InChI is InChI=1S/C13H19N5/c1-9-7-11(4-6-18(9)2)17-13-12(15)10(8-14)3-5-16-13/h3,5,9,11H,4,6-7,15H2,1-2H3,(H,16,17). The molecule has 1 aliphatic rings. The van der Waals surface area contributed by atoms with Crippen LogP contribution in [0.1, 0.15) is 25.3 Å². The Morgan fingerprint density at radius 1 is 1.61 bits per heavy atom. The SMILES string of the molecule is CC1CC(Nc2nccc(C#N)c2N)CCN1C. The number of nitriles is 1. The Labute approximate surface area is 108 Å². The number of pyridine rings is 1. The number of nitrogens with two attached hydrogens (primary N) is 1. The van der Waals surface area contributed by atoms with Crippen LogP contribution in [0.2, 0.25) is 0 Å². The van der Waals surface area contributed by atoms with Crippen molar-refractivity contribution < 1.29 is 0 Å². The number of nitrogens with one attached hydrogen (secondary N) is 1. The van der Waals surface area contributed by atoms with Gasteiger partial charge in [-0.2, -0.15) is 5.26 Å². The van der Waals surface area contributed by atoms with Gasteiger partial charge in [0.05, 0.1) is 11.3 Å². The second kappa shape index (κ2) is 5.23. The third-order valence-electron chi connectivity index (χ3n) is 3.66. The summed E-state index contributed by atoms with van der Waals surface area (Å²) < 4.78 is 0. The summed E-state index contributed by atoms with van der Waals surface area (Å²) in [6.45, 7) is 3.28. The zero-order chi connectivity index (χ0) is 13.1. The van der Waals surface area contributed by atoms with Crippen LogP contribution in [0, 0.1) is 11.3 Å². The summed E-state index contributed by atoms with van der Waals surface area (Å²) in [7, 11) is 2.14. The largest absolute Gasteiger partial charge is 0.395 e. The monoisotopic (exact) mass is 245 g/mol. The minimum absolute atomic E-state index is 0.375. The predicted octanol–water partition coefficient (Wildman–Crippen LogP) is 1.43. The van der Waals surface area contributed by atoms with Crippen LogP contribution in [0.5, 0.6) is 0 Å². The molecule has 0 aromatic carbocycles. The molecule has 0 spiro atoms. The fraction of sp³-hybridized carbons (Fsp3) is 0.538. The lowest BCUT2D eigenvalue weighted by atomic mass is 9.99. The number of anilines is 2. The summed E-state index contributed by atoms with van der Waals surface area (Å²) >= 11 is 0. The van der Waals surface area contributed by atoms with E-state index in [-0.39, 0.29) is 0 Å². The first-order chi connectivity index (χ1) is 8.61. The first-order valence-electron chi connectivity index (χ1n) is 6.23. The summed E-state index contributed by atoms with van der Waals surface area (Å²) in [4.78, 5) is 6.57. The second-order valence-electron chi connectivity index (χ2n) is 4.93. The van der Waals surface area contributed by atoms with E-state index in [4.69, 9.17) is 11.0 Å². The van der Waals surface area contributed by atoms with Gasteiger partial charge in [-0.05, 0) is 32.9 Å². The highest BCUT2D eigenvalue weighted by atomic mass is 15.2. The number of aromatic nitrogens is 1. The van der Waals surface area contributed by atoms with E-state index in [1.54, 1.807) is 12.3 Å². The molecule has 2 unspecified atom stereocenters. The Bertz CT molecular complexity index is 465. The fourth-order valence-electron chi connectivity index (χ4n) is 2.30. The van der Waals surface area contributed by atoms with E-state index in [1.807, 2.05) is 0 Å². The van der Waals surface area contributed by atoms with Crippen LogP contribution in [-0.2, 0) is 0 Å². The van der Waals surface area contributed by atoms with Gasteiger partial charge in [0.15, 0.2) is 5.82 Å². The predicted molar refractivity (Wildman–Crippen MR) is 72.1 cm³/mol. The molecular weight excluding hydrogens is 226 g/mol. The van der Waals surface area contributed by atoms with Gasteiger partial charge in [0.2, 0.25) is 0 Å². The van der Waals surface area contributed by atoms with Crippen LogP contribution >= 0.6 is 0 Å². The van der Waals surface area contributed by atoms with Crippen molar-refractivity contribution in [2.75, 3.05) is 24.6 Å². The van der Waals surface area contributed by atoms with Crippen molar-refractivity contribution in [2.45, 2.75) is 31.8 Å². The number of piperidine rings is 1. The van der Waals surface area contributed by atoms with Gasteiger partial charge >= 0.3 is 0 Å². The zero-order valence-electron chi connectivity index (χ0n) is 10.8. The molecule has 5 nitrogen and oxygen atoms in total. The number of likely N-dealkylation sites (tertiary alicyclic amines) is 1. The maximum absolute atomic E-state index is 8.93. The summed E-state index contributed by atoms with van der Waals surface area (Å²) in [5.41, 5.74) is 6.85. The Balaban J connectivity index is 2.09. The molecule has 1 saturated heterocycles. The Kier molecular flexibility index (Phi) is 3.68. The molecule has 96 valence electrons. The molecule has 1 aromatic heterocycles. The quantitative estimate of drug-likeness (QED) is 0.824. The van der Waals surface area contributed by atoms with E-state index in [0.717, 1.165) is 19.4 Å². The molecule has 1 fully saturated rings. The molecule has 0 amide bonds. The molecule has 0 aliphatic carbocycles. The summed E-state index contributed by atoms with van der Waals surface area (Å²) in [5, 5.41) is 12.3. The lowest BCUT2D eigenvalue weighted by molar-refractivity contribution is 0.190. The van der Waals surface area contributed by atoms with E-state index in [2.05, 4.69) is 35.2 Å². The third kappa shape index (κ3) is 2.54. The number of nitrogens with zero attached hydrogens (tertiary/aromatic N) is 3. The van der Waals surface area contributed by atoms with Crippen molar-refractivity contribution in [2.24, 2.45) is 0 Å². The van der Waals surface area contributed by atoms with Crippen molar-refractivity contribution >= 4 is 11.5 Å². The van der Waals surface area contributed by atoms with E-state index in [9.17, 15) is 0 Å². The molecule has 2 rings (SSSR count). The zero-order valence-corrected chi connectivity index (χ0v) is 10.8. The van der Waals surface area contributed by atoms with Crippen molar-refractivity contribution in [3.8, 4) is 6.07 Å². The number of hydrogen-bond donors (Lipinski definition) is 2. The Morgan fingerprint density at radius 3 is 3.06 bits per heavy atom. The first kappa shape index (κ1) is 12.7. The highest BCUT2D eigenvalue weighted by Gasteiger charge is 2.23. The van der Waals surface area contributed by atoms with Crippen molar-refractivity contribution in [1.82, 2.24) is 9.88 Å². The highest BCUT2D eigenvalue weighted by Crippen LogP contribution is 2.24.